The summed E-state index contributed by atoms with van der Waals surface area (Å²) in [5.74, 6) is 2.28. The van der Waals surface area contributed by atoms with Gasteiger partial charge in [0.05, 0.1) is 11.5 Å². The molecule has 2 aromatic rings. The van der Waals surface area contributed by atoms with E-state index in [9.17, 15) is 10.1 Å². The number of ether oxygens (including phenoxy) is 1. The van der Waals surface area contributed by atoms with Gasteiger partial charge in [0.25, 0.3) is 5.69 Å². The van der Waals surface area contributed by atoms with Gasteiger partial charge in [-0.15, -0.1) is 0 Å². The highest BCUT2D eigenvalue weighted by atomic mass is 16.6. The number of hydrogen-bond acceptors (Lipinski definition) is 7. The van der Waals surface area contributed by atoms with Crippen LogP contribution in [-0.4, -0.2) is 48.2 Å². The van der Waals surface area contributed by atoms with E-state index in [1.807, 2.05) is 31.1 Å². The molecule has 2 aromatic heterocycles. The molecule has 126 valence electrons. The Kier molecular flexibility index (Phi) is 4.45. The van der Waals surface area contributed by atoms with Crippen molar-refractivity contribution in [3.05, 3.63) is 46.8 Å². The second kappa shape index (κ2) is 6.69. The van der Waals surface area contributed by atoms with Crippen molar-refractivity contribution >= 4 is 17.3 Å². The molecule has 0 N–H and O–H groups in total. The molecule has 0 saturated carbocycles. The minimum Gasteiger partial charge on any atom is -0.485 e. The fourth-order valence-corrected chi connectivity index (χ4v) is 2.70. The van der Waals surface area contributed by atoms with Crippen LogP contribution in [0, 0.1) is 10.1 Å². The molecule has 8 nitrogen and oxygen atoms in total. The highest BCUT2D eigenvalue weighted by Crippen LogP contribution is 2.28. The first-order valence-corrected chi connectivity index (χ1v) is 7.69. The first kappa shape index (κ1) is 16.0. The average molecular weight is 329 g/mol. The van der Waals surface area contributed by atoms with E-state index in [1.165, 1.54) is 12.3 Å². The van der Waals surface area contributed by atoms with E-state index in [0.29, 0.717) is 6.54 Å². The number of rotatable bonds is 5. The van der Waals surface area contributed by atoms with Gasteiger partial charge in [-0.2, -0.15) is 0 Å². The van der Waals surface area contributed by atoms with Crippen molar-refractivity contribution in [1.29, 1.82) is 0 Å². The summed E-state index contributed by atoms with van der Waals surface area (Å²) in [7, 11) is 3.86. The molecule has 1 saturated heterocycles. The third-order valence-electron chi connectivity index (χ3n) is 3.88. The zero-order valence-electron chi connectivity index (χ0n) is 13.6. The molecule has 1 fully saturated rings. The number of nitrogens with zero attached hydrogens (tertiary/aromatic N) is 5. The second-order valence-corrected chi connectivity index (χ2v) is 5.83. The van der Waals surface area contributed by atoms with Crippen LogP contribution in [-0.2, 0) is 0 Å². The molecule has 0 spiro atoms. The summed E-state index contributed by atoms with van der Waals surface area (Å²) in [5, 5.41) is 10.7. The lowest BCUT2D eigenvalue weighted by molar-refractivity contribution is -0.385. The molecule has 0 aromatic carbocycles. The second-order valence-electron chi connectivity index (χ2n) is 5.83. The Morgan fingerprint density at radius 1 is 1.33 bits per heavy atom. The SMILES string of the molecule is CN(C)c1ncccc1O[C@H]1CCN(c2ccc([N+](=O)[O-])cn2)C1. The smallest absolute Gasteiger partial charge is 0.287 e. The minimum atomic E-state index is -0.447. The van der Waals surface area contributed by atoms with Gasteiger partial charge < -0.3 is 14.5 Å². The lowest BCUT2D eigenvalue weighted by Crippen LogP contribution is -2.25. The van der Waals surface area contributed by atoms with Gasteiger partial charge in [0, 0.05) is 39.3 Å². The topological polar surface area (TPSA) is 84.6 Å². The van der Waals surface area contributed by atoms with Crippen LogP contribution < -0.4 is 14.5 Å². The Hall–Kier alpha value is -2.90. The number of nitro groups is 1. The van der Waals surface area contributed by atoms with Gasteiger partial charge in [0.1, 0.15) is 18.1 Å². The van der Waals surface area contributed by atoms with Crippen molar-refractivity contribution < 1.29 is 9.66 Å². The van der Waals surface area contributed by atoms with E-state index in [2.05, 4.69) is 14.9 Å². The molecule has 0 radical (unpaired) electrons. The third kappa shape index (κ3) is 3.37. The molecule has 24 heavy (non-hydrogen) atoms. The lowest BCUT2D eigenvalue weighted by Gasteiger charge is -2.20. The summed E-state index contributed by atoms with van der Waals surface area (Å²) in [6.07, 6.45) is 3.92. The predicted molar refractivity (Wildman–Crippen MR) is 90.7 cm³/mol. The lowest BCUT2D eigenvalue weighted by atomic mass is 10.3. The summed E-state index contributed by atoms with van der Waals surface area (Å²) in [6, 6.07) is 6.92. The highest BCUT2D eigenvalue weighted by Gasteiger charge is 2.26. The van der Waals surface area contributed by atoms with Crippen LogP contribution in [0.1, 0.15) is 6.42 Å². The van der Waals surface area contributed by atoms with E-state index in [1.54, 1.807) is 12.3 Å². The maximum atomic E-state index is 10.7. The molecule has 0 aliphatic carbocycles. The molecular weight excluding hydrogens is 310 g/mol. The monoisotopic (exact) mass is 329 g/mol. The van der Waals surface area contributed by atoms with Crippen LogP contribution >= 0.6 is 0 Å². The maximum absolute atomic E-state index is 10.7. The van der Waals surface area contributed by atoms with Crippen LogP contribution in [0.25, 0.3) is 0 Å². The minimum absolute atomic E-state index is 0.00303. The number of aromatic nitrogens is 2. The van der Waals surface area contributed by atoms with Crippen molar-refractivity contribution in [3.8, 4) is 5.75 Å². The number of pyridine rings is 2. The zero-order valence-corrected chi connectivity index (χ0v) is 13.6. The van der Waals surface area contributed by atoms with Gasteiger partial charge in [-0.3, -0.25) is 10.1 Å². The van der Waals surface area contributed by atoms with E-state index in [4.69, 9.17) is 4.74 Å². The van der Waals surface area contributed by atoms with Gasteiger partial charge in [-0.1, -0.05) is 0 Å². The first-order chi connectivity index (χ1) is 11.5. The fraction of sp³-hybridized carbons (Fsp3) is 0.375. The van der Waals surface area contributed by atoms with E-state index in [0.717, 1.165) is 30.4 Å². The van der Waals surface area contributed by atoms with Crippen LogP contribution in [0.5, 0.6) is 5.75 Å². The van der Waals surface area contributed by atoms with Crippen LogP contribution in [0.3, 0.4) is 0 Å². The van der Waals surface area contributed by atoms with Gasteiger partial charge in [-0.05, 0) is 18.2 Å². The largest absolute Gasteiger partial charge is 0.485 e. The molecule has 0 bridgehead atoms. The van der Waals surface area contributed by atoms with Crippen molar-refractivity contribution in [2.45, 2.75) is 12.5 Å². The average Bonchev–Trinajstić information content (AvgIpc) is 3.04. The summed E-state index contributed by atoms with van der Waals surface area (Å²) in [5.41, 5.74) is -0.00303. The Labute approximate surface area is 139 Å². The van der Waals surface area contributed by atoms with Crippen LogP contribution in [0.4, 0.5) is 17.3 Å². The van der Waals surface area contributed by atoms with E-state index >= 15 is 0 Å². The molecule has 3 rings (SSSR count). The quantitative estimate of drug-likeness (QED) is 0.613. The van der Waals surface area contributed by atoms with Crippen LogP contribution in [0.15, 0.2) is 36.7 Å². The van der Waals surface area contributed by atoms with E-state index < -0.39 is 4.92 Å². The molecule has 3 heterocycles. The van der Waals surface area contributed by atoms with E-state index in [-0.39, 0.29) is 11.8 Å². The Morgan fingerprint density at radius 3 is 2.83 bits per heavy atom. The van der Waals surface area contributed by atoms with Gasteiger partial charge in [0.15, 0.2) is 11.6 Å². The predicted octanol–water partition coefficient (Wildman–Crippen LogP) is 2.11. The number of hydrogen-bond donors (Lipinski definition) is 0. The standard InChI is InChI=1S/C16H19N5O3/c1-19(2)16-14(4-3-8-17-16)24-13-7-9-20(11-13)15-6-5-12(10-18-15)21(22)23/h3-6,8,10,13H,7,9,11H2,1-2H3/t13-/m0/s1. The molecule has 0 amide bonds. The van der Waals surface area contributed by atoms with Gasteiger partial charge >= 0.3 is 0 Å². The summed E-state index contributed by atoms with van der Waals surface area (Å²) < 4.78 is 6.10. The molecule has 1 aliphatic rings. The summed E-state index contributed by atoms with van der Waals surface area (Å²) >= 11 is 0. The summed E-state index contributed by atoms with van der Waals surface area (Å²) in [4.78, 5) is 22.7. The van der Waals surface area contributed by atoms with Gasteiger partial charge in [0.2, 0.25) is 0 Å². The fourth-order valence-electron chi connectivity index (χ4n) is 2.70. The third-order valence-corrected chi connectivity index (χ3v) is 3.88. The Bertz CT molecular complexity index is 720. The molecule has 0 unspecified atom stereocenters. The molecule has 1 aliphatic heterocycles. The normalized spacial score (nSPS) is 16.9. The highest BCUT2D eigenvalue weighted by molar-refractivity contribution is 5.51. The van der Waals surface area contributed by atoms with Crippen molar-refractivity contribution in [2.75, 3.05) is 37.0 Å². The molecule has 1 atom stereocenters. The first-order valence-electron chi connectivity index (χ1n) is 7.69. The Morgan fingerprint density at radius 2 is 2.17 bits per heavy atom. The zero-order chi connectivity index (χ0) is 17.1. The van der Waals surface area contributed by atoms with Crippen LogP contribution in [0.2, 0.25) is 0 Å². The van der Waals surface area contributed by atoms with Gasteiger partial charge in [-0.25, -0.2) is 9.97 Å². The number of anilines is 2. The Balaban J connectivity index is 1.66. The maximum Gasteiger partial charge on any atom is 0.287 e. The molecular formula is C16H19N5O3. The van der Waals surface area contributed by atoms with Crippen molar-refractivity contribution in [2.24, 2.45) is 0 Å². The van der Waals surface area contributed by atoms with Crippen molar-refractivity contribution in [3.63, 3.8) is 0 Å². The molecule has 8 heteroatoms. The van der Waals surface area contributed by atoms with Crippen molar-refractivity contribution in [1.82, 2.24) is 9.97 Å². The summed E-state index contributed by atoms with van der Waals surface area (Å²) in [6.45, 7) is 1.49.